The molecular formula is C31H38N6O5. The van der Waals surface area contributed by atoms with Gasteiger partial charge < -0.3 is 30.6 Å². The van der Waals surface area contributed by atoms with E-state index in [9.17, 15) is 19.2 Å². The molecule has 4 N–H and O–H groups in total. The van der Waals surface area contributed by atoms with Crippen LogP contribution in [0.15, 0.2) is 73.2 Å². The third kappa shape index (κ3) is 7.41. The Hall–Kier alpha value is -4.51. The summed E-state index contributed by atoms with van der Waals surface area (Å²) < 4.78 is 6.55. The number of nitrogens with zero attached hydrogens (tertiary/aromatic N) is 3. The average Bonchev–Trinajstić information content (AvgIpc) is 3.65. The number of hydrogen-bond acceptors (Lipinski definition) is 7. The minimum atomic E-state index is -1.17. The number of hydrogen-bond donors (Lipinski definition) is 3. The molecule has 0 saturated carbocycles. The first-order valence-corrected chi connectivity index (χ1v) is 14.0. The number of nitrogens with two attached hydrogens (primary N) is 1. The van der Waals surface area contributed by atoms with Crippen molar-refractivity contribution in [2.75, 3.05) is 19.0 Å². The van der Waals surface area contributed by atoms with E-state index in [0.29, 0.717) is 37.8 Å². The number of carbonyl (C=O) groups excluding carboxylic acids is 4. The summed E-state index contributed by atoms with van der Waals surface area (Å²) in [5.41, 5.74) is 6.53. The smallest absolute Gasteiger partial charge is 0.328 e. The van der Waals surface area contributed by atoms with Gasteiger partial charge in [0.2, 0.25) is 11.8 Å². The Morgan fingerprint density at radius 2 is 1.74 bits per heavy atom. The number of esters is 1. The predicted molar refractivity (Wildman–Crippen MR) is 157 cm³/mol. The Morgan fingerprint density at radius 3 is 2.38 bits per heavy atom. The van der Waals surface area contributed by atoms with Gasteiger partial charge in [-0.1, -0.05) is 60.7 Å². The number of aryl methyl sites for hydroxylation is 1. The van der Waals surface area contributed by atoms with Crippen LogP contribution in [0.5, 0.6) is 0 Å². The number of imidazole rings is 1. The van der Waals surface area contributed by atoms with Crippen molar-refractivity contribution in [1.82, 2.24) is 19.8 Å². The molecule has 3 amide bonds. The van der Waals surface area contributed by atoms with Crippen LogP contribution in [-0.4, -0.2) is 69.4 Å². The van der Waals surface area contributed by atoms with Crippen molar-refractivity contribution in [1.29, 1.82) is 0 Å². The van der Waals surface area contributed by atoms with Gasteiger partial charge in [0.05, 0.1) is 19.0 Å². The Morgan fingerprint density at radius 1 is 1.07 bits per heavy atom. The van der Waals surface area contributed by atoms with Crippen LogP contribution in [0.1, 0.15) is 50.3 Å². The molecule has 1 aliphatic rings. The van der Waals surface area contributed by atoms with Gasteiger partial charge in [0.15, 0.2) is 5.82 Å². The van der Waals surface area contributed by atoms with Crippen LogP contribution in [0.4, 0.5) is 5.82 Å². The van der Waals surface area contributed by atoms with Crippen LogP contribution in [0.3, 0.4) is 0 Å². The maximum Gasteiger partial charge on any atom is 0.328 e. The highest BCUT2D eigenvalue weighted by molar-refractivity contribution is 5.98. The second-order valence-electron chi connectivity index (χ2n) is 11.0. The minimum Gasteiger partial charge on any atom is -0.467 e. The number of methoxy groups -OCH3 is 1. The summed E-state index contributed by atoms with van der Waals surface area (Å²) in [7, 11) is 1.31. The van der Waals surface area contributed by atoms with Crippen molar-refractivity contribution in [2.24, 2.45) is 5.73 Å². The van der Waals surface area contributed by atoms with Crippen LogP contribution < -0.4 is 16.4 Å². The lowest BCUT2D eigenvalue weighted by Crippen LogP contribution is -2.55. The number of nitrogens with one attached hydrogen (secondary N) is 2. The molecule has 1 fully saturated rings. The minimum absolute atomic E-state index is 0.214. The van der Waals surface area contributed by atoms with Crippen molar-refractivity contribution < 1.29 is 23.9 Å². The van der Waals surface area contributed by atoms with Gasteiger partial charge in [0.25, 0.3) is 5.91 Å². The number of aromatic nitrogens is 2. The Bertz CT molecular complexity index is 1390. The number of likely N-dealkylation sites (tertiary alicyclic amines) is 1. The van der Waals surface area contributed by atoms with Crippen LogP contribution in [0.25, 0.3) is 0 Å². The summed E-state index contributed by atoms with van der Waals surface area (Å²) in [5.74, 6) is -1.42. The molecule has 11 nitrogen and oxygen atoms in total. The van der Waals surface area contributed by atoms with Gasteiger partial charge in [-0.15, -0.1) is 0 Å². The van der Waals surface area contributed by atoms with E-state index in [1.165, 1.54) is 13.4 Å². The Labute approximate surface area is 245 Å². The van der Waals surface area contributed by atoms with E-state index in [-0.39, 0.29) is 11.7 Å². The molecule has 222 valence electrons. The quantitative estimate of drug-likeness (QED) is 0.298. The normalized spacial score (nSPS) is 16.4. The molecule has 2 heterocycles. The van der Waals surface area contributed by atoms with Gasteiger partial charge in [-0.25, -0.2) is 9.78 Å². The fourth-order valence-corrected chi connectivity index (χ4v) is 4.97. The van der Waals surface area contributed by atoms with E-state index in [0.717, 1.165) is 5.56 Å². The molecule has 4 rings (SSSR count). The Balaban J connectivity index is 1.55. The number of rotatable bonds is 11. The van der Waals surface area contributed by atoms with Crippen molar-refractivity contribution in [2.45, 2.75) is 63.2 Å². The summed E-state index contributed by atoms with van der Waals surface area (Å²) in [6.07, 6.45) is 5.15. The Kier molecular flexibility index (Phi) is 9.74. The molecule has 1 saturated heterocycles. The highest BCUT2D eigenvalue weighted by Crippen LogP contribution is 2.28. The first kappa shape index (κ1) is 30.4. The largest absolute Gasteiger partial charge is 0.467 e. The number of anilines is 1. The zero-order valence-corrected chi connectivity index (χ0v) is 24.2. The number of ether oxygens (including phenoxy) is 1. The predicted octanol–water partition coefficient (Wildman–Crippen LogP) is 2.43. The molecule has 2 aromatic carbocycles. The SMILES string of the molecule is COC(=O)[C@@H]1CCCN1C(=O)C(c1ccccc1)n1cnc(NC(=O)[C@@H](CCc2ccccc2)NC(=O)C(C)(C)N)c1. The van der Waals surface area contributed by atoms with Gasteiger partial charge in [0.1, 0.15) is 18.1 Å². The molecule has 0 bridgehead atoms. The fourth-order valence-electron chi connectivity index (χ4n) is 4.97. The average molecular weight is 575 g/mol. The molecule has 3 atom stereocenters. The summed E-state index contributed by atoms with van der Waals surface area (Å²) in [5, 5.41) is 5.54. The third-order valence-corrected chi connectivity index (χ3v) is 7.28. The molecule has 1 aliphatic heterocycles. The second kappa shape index (κ2) is 13.4. The van der Waals surface area contributed by atoms with E-state index in [1.807, 2.05) is 60.7 Å². The summed E-state index contributed by atoms with van der Waals surface area (Å²) >= 11 is 0. The first-order chi connectivity index (χ1) is 20.1. The zero-order chi connectivity index (χ0) is 30.3. The third-order valence-electron chi connectivity index (χ3n) is 7.28. The highest BCUT2D eigenvalue weighted by atomic mass is 16.5. The zero-order valence-electron chi connectivity index (χ0n) is 24.2. The van der Waals surface area contributed by atoms with Crippen LogP contribution in [0, 0.1) is 0 Å². The van der Waals surface area contributed by atoms with Gasteiger partial charge in [-0.05, 0) is 50.7 Å². The summed E-state index contributed by atoms with van der Waals surface area (Å²) in [6.45, 7) is 3.57. The van der Waals surface area contributed by atoms with Crippen molar-refractivity contribution in [3.8, 4) is 0 Å². The van der Waals surface area contributed by atoms with Crippen LogP contribution in [-0.2, 0) is 30.3 Å². The monoisotopic (exact) mass is 574 g/mol. The van der Waals surface area contributed by atoms with Crippen molar-refractivity contribution in [3.63, 3.8) is 0 Å². The van der Waals surface area contributed by atoms with E-state index in [2.05, 4.69) is 15.6 Å². The topological polar surface area (TPSA) is 149 Å². The number of amides is 3. The van der Waals surface area contributed by atoms with Gasteiger partial charge in [-0.2, -0.15) is 0 Å². The van der Waals surface area contributed by atoms with Crippen LogP contribution in [0.2, 0.25) is 0 Å². The summed E-state index contributed by atoms with van der Waals surface area (Å²) in [6, 6.07) is 16.5. The fraction of sp³-hybridized carbons (Fsp3) is 0.387. The van der Waals surface area contributed by atoms with Crippen molar-refractivity contribution >= 4 is 29.5 Å². The molecule has 11 heteroatoms. The lowest BCUT2D eigenvalue weighted by molar-refractivity contribution is -0.151. The molecule has 3 aromatic rings. The van der Waals surface area contributed by atoms with E-state index in [1.54, 1.807) is 29.5 Å². The molecular weight excluding hydrogens is 536 g/mol. The number of benzene rings is 2. The second-order valence-corrected chi connectivity index (χ2v) is 11.0. The van der Waals surface area contributed by atoms with Crippen molar-refractivity contribution in [3.05, 3.63) is 84.3 Å². The molecule has 0 spiro atoms. The van der Waals surface area contributed by atoms with Crippen LogP contribution >= 0.6 is 0 Å². The van der Waals surface area contributed by atoms with Gasteiger partial charge >= 0.3 is 5.97 Å². The van der Waals surface area contributed by atoms with E-state index >= 15 is 0 Å². The lowest BCUT2D eigenvalue weighted by atomic mass is 10.0. The summed E-state index contributed by atoms with van der Waals surface area (Å²) in [4.78, 5) is 58.2. The highest BCUT2D eigenvalue weighted by Gasteiger charge is 2.39. The molecule has 1 unspecified atom stereocenters. The first-order valence-electron chi connectivity index (χ1n) is 14.0. The lowest BCUT2D eigenvalue weighted by Gasteiger charge is -2.28. The molecule has 42 heavy (non-hydrogen) atoms. The molecule has 0 aliphatic carbocycles. The van der Waals surface area contributed by atoms with E-state index in [4.69, 9.17) is 10.5 Å². The standard InChI is InChI=1S/C31H38N6O5/c1-31(2,32)30(41)34-23(17-16-21-11-6-4-7-12-21)27(38)35-25-19-36(20-33-25)26(22-13-8-5-9-14-22)28(39)37-18-10-15-24(37)29(40)42-3/h4-9,11-14,19-20,23-24,26H,10,15-18,32H2,1-3H3,(H,34,41)(H,35,38)/t23-,24+,26?/m1/s1. The molecule has 1 aromatic heterocycles. The van der Waals surface area contributed by atoms with E-state index < -0.39 is 41.4 Å². The maximum absolute atomic E-state index is 13.9. The molecule has 0 radical (unpaired) electrons. The van der Waals surface area contributed by atoms with Gasteiger partial charge in [0, 0.05) is 12.7 Å². The van der Waals surface area contributed by atoms with Gasteiger partial charge in [-0.3, -0.25) is 14.4 Å². The number of carbonyl (C=O) groups is 4. The maximum atomic E-state index is 13.9.